The second kappa shape index (κ2) is 10.9. The third-order valence-electron chi connectivity index (χ3n) is 6.70. The molecular weight excluding hydrogens is 502 g/mol. The lowest BCUT2D eigenvalue weighted by molar-refractivity contribution is -0.126. The van der Waals surface area contributed by atoms with E-state index in [1.807, 2.05) is 36.4 Å². The Morgan fingerprint density at radius 1 is 1.11 bits per heavy atom. The van der Waals surface area contributed by atoms with Crippen molar-refractivity contribution >= 4 is 45.8 Å². The summed E-state index contributed by atoms with van der Waals surface area (Å²) in [4.78, 5) is 49.9. The zero-order chi connectivity index (χ0) is 26.6. The highest BCUT2D eigenvalue weighted by Gasteiger charge is 2.36. The summed E-state index contributed by atoms with van der Waals surface area (Å²) in [6.45, 7) is 0.0732. The molecule has 3 aromatic heterocycles. The summed E-state index contributed by atoms with van der Waals surface area (Å²) in [5.74, 6) is -1.65. The number of carbonyl (C=O) groups excluding carboxylic acids is 3. The van der Waals surface area contributed by atoms with Crippen LogP contribution in [0.5, 0.6) is 0 Å². The monoisotopic (exact) mass is 529 g/mol. The minimum Gasteiger partial charge on any atom is -0.395 e. The zero-order valence-corrected chi connectivity index (χ0v) is 21.4. The van der Waals surface area contributed by atoms with Crippen molar-refractivity contribution in [2.24, 2.45) is 5.73 Å². The number of fused-ring (bicyclic) bond motifs is 1. The molecule has 11 heteroatoms. The highest BCUT2D eigenvalue weighted by Crippen LogP contribution is 2.32. The fourth-order valence-electron chi connectivity index (χ4n) is 4.82. The number of nitrogens with one attached hydrogen (secondary N) is 1. The first kappa shape index (κ1) is 25.3. The maximum Gasteiger partial charge on any atom is 0.270 e. The predicted octanol–water partition coefficient (Wildman–Crippen LogP) is 3.21. The van der Waals surface area contributed by atoms with Crippen LogP contribution in [0.25, 0.3) is 10.9 Å². The topological polar surface area (TPSA) is 157 Å². The number of rotatable bonds is 8. The van der Waals surface area contributed by atoms with Gasteiger partial charge in [0.2, 0.25) is 5.91 Å². The molecule has 10 nitrogen and oxygen atoms in total. The number of aromatic nitrogens is 3. The lowest BCUT2D eigenvalue weighted by Crippen LogP contribution is -2.45. The van der Waals surface area contributed by atoms with Gasteiger partial charge in [-0.3, -0.25) is 24.4 Å². The zero-order valence-electron chi connectivity index (χ0n) is 20.5. The number of hydrogen-bond donors (Lipinski definition) is 3. The largest absolute Gasteiger partial charge is 0.395 e. The van der Waals surface area contributed by atoms with E-state index >= 15 is 0 Å². The number of hydrogen-bond acceptors (Lipinski definition) is 8. The van der Waals surface area contributed by atoms with Crippen LogP contribution in [0.2, 0.25) is 0 Å². The van der Waals surface area contributed by atoms with E-state index in [0.29, 0.717) is 5.56 Å². The van der Waals surface area contributed by atoms with Crippen LogP contribution >= 0.6 is 11.5 Å². The van der Waals surface area contributed by atoms with Gasteiger partial charge in [0.1, 0.15) is 10.9 Å². The van der Waals surface area contributed by atoms with E-state index in [-0.39, 0.29) is 34.8 Å². The average molecular weight is 530 g/mol. The van der Waals surface area contributed by atoms with E-state index < -0.39 is 17.9 Å². The van der Waals surface area contributed by atoms with Crippen LogP contribution in [0.4, 0.5) is 5.69 Å². The Balaban J connectivity index is 1.62. The summed E-state index contributed by atoms with van der Waals surface area (Å²) >= 11 is 0.787. The molecule has 1 aliphatic rings. The Kier molecular flexibility index (Phi) is 7.27. The molecule has 0 spiro atoms. The second-order valence-electron chi connectivity index (χ2n) is 9.28. The summed E-state index contributed by atoms with van der Waals surface area (Å²) in [6, 6.07) is 11.9. The lowest BCUT2D eigenvalue weighted by atomic mass is 10.00. The molecule has 0 radical (unpaired) electrons. The van der Waals surface area contributed by atoms with Crippen LogP contribution in [0.3, 0.4) is 0 Å². The van der Waals surface area contributed by atoms with E-state index in [2.05, 4.69) is 19.7 Å². The van der Waals surface area contributed by atoms with E-state index in [9.17, 15) is 14.4 Å². The molecule has 1 fully saturated rings. The van der Waals surface area contributed by atoms with Crippen molar-refractivity contribution in [2.75, 3.05) is 5.73 Å². The van der Waals surface area contributed by atoms with Crippen LogP contribution < -0.4 is 16.8 Å². The smallest absolute Gasteiger partial charge is 0.270 e. The van der Waals surface area contributed by atoms with Crippen molar-refractivity contribution in [3.8, 4) is 0 Å². The van der Waals surface area contributed by atoms with Crippen LogP contribution in [0.1, 0.15) is 63.0 Å². The molecule has 194 valence electrons. The molecule has 1 saturated carbocycles. The Bertz CT molecular complexity index is 1480. The van der Waals surface area contributed by atoms with Crippen LogP contribution in [-0.2, 0) is 11.3 Å². The van der Waals surface area contributed by atoms with Crippen LogP contribution in [-0.4, -0.2) is 43.0 Å². The van der Waals surface area contributed by atoms with Crippen LogP contribution in [0.15, 0.2) is 61.1 Å². The molecule has 1 aliphatic carbocycles. The number of nitrogens with zero attached hydrogens (tertiary/aromatic N) is 4. The lowest BCUT2D eigenvalue weighted by Gasteiger charge is -2.32. The van der Waals surface area contributed by atoms with Gasteiger partial charge in [-0.2, -0.15) is 4.37 Å². The average Bonchev–Trinajstić information content (AvgIpc) is 3.58. The third-order valence-corrected chi connectivity index (χ3v) is 7.55. The molecule has 0 saturated heterocycles. The minimum atomic E-state index is -0.994. The fraction of sp³-hybridized carbons (Fsp3) is 0.259. The number of nitrogen functional groups attached to an aromatic ring is 1. The number of primary amides is 1. The van der Waals surface area contributed by atoms with E-state index in [1.165, 1.54) is 4.90 Å². The first-order valence-corrected chi connectivity index (χ1v) is 13.1. The normalized spacial score (nSPS) is 14.3. The highest BCUT2D eigenvalue weighted by atomic mass is 32.1. The van der Waals surface area contributed by atoms with Gasteiger partial charge in [-0.1, -0.05) is 31.0 Å². The number of nitrogens with two attached hydrogens (primary N) is 2. The van der Waals surface area contributed by atoms with Gasteiger partial charge in [0.25, 0.3) is 11.8 Å². The predicted molar refractivity (Wildman–Crippen MR) is 144 cm³/mol. The van der Waals surface area contributed by atoms with Crippen molar-refractivity contribution in [1.82, 2.24) is 24.6 Å². The molecular formula is C27H27N7O3S. The number of pyridine rings is 2. The summed E-state index contributed by atoms with van der Waals surface area (Å²) in [7, 11) is 0. The second-order valence-corrected chi connectivity index (χ2v) is 10.1. The number of benzene rings is 1. The fourth-order valence-corrected chi connectivity index (χ4v) is 5.58. The maximum atomic E-state index is 14.1. The van der Waals surface area contributed by atoms with Gasteiger partial charge in [-0.15, -0.1) is 0 Å². The van der Waals surface area contributed by atoms with Gasteiger partial charge >= 0.3 is 0 Å². The third kappa shape index (κ3) is 5.18. The molecule has 38 heavy (non-hydrogen) atoms. The molecule has 1 aromatic carbocycles. The highest BCUT2D eigenvalue weighted by molar-refractivity contribution is 7.09. The molecule has 0 bridgehead atoms. The van der Waals surface area contributed by atoms with Crippen molar-refractivity contribution in [3.63, 3.8) is 0 Å². The minimum absolute atomic E-state index is 0.0393. The van der Waals surface area contributed by atoms with Crippen molar-refractivity contribution < 1.29 is 14.4 Å². The Morgan fingerprint density at radius 2 is 1.89 bits per heavy atom. The van der Waals surface area contributed by atoms with E-state index in [4.69, 9.17) is 11.5 Å². The van der Waals surface area contributed by atoms with Crippen molar-refractivity contribution in [3.05, 3.63) is 82.8 Å². The Morgan fingerprint density at radius 3 is 2.61 bits per heavy atom. The van der Waals surface area contributed by atoms with Gasteiger partial charge in [-0.05, 0) is 59.8 Å². The maximum absolute atomic E-state index is 14.1. The number of amides is 3. The molecule has 1 atom stereocenters. The molecule has 0 unspecified atom stereocenters. The number of anilines is 1. The van der Waals surface area contributed by atoms with Gasteiger partial charge in [0, 0.05) is 36.6 Å². The van der Waals surface area contributed by atoms with Gasteiger partial charge in [0.05, 0.1) is 11.2 Å². The van der Waals surface area contributed by atoms with Gasteiger partial charge in [-0.25, -0.2) is 0 Å². The molecule has 5 N–H and O–H groups in total. The van der Waals surface area contributed by atoms with E-state index in [0.717, 1.165) is 53.7 Å². The quantitative estimate of drug-likeness (QED) is 0.316. The van der Waals surface area contributed by atoms with Crippen molar-refractivity contribution in [1.29, 1.82) is 0 Å². The summed E-state index contributed by atoms with van der Waals surface area (Å²) < 4.78 is 4.00. The van der Waals surface area contributed by atoms with Gasteiger partial charge in [0.15, 0.2) is 5.69 Å². The molecule has 3 amide bonds. The van der Waals surface area contributed by atoms with E-state index in [1.54, 1.807) is 24.7 Å². The SMILES string of the molecule is NC(=O)c1nsc(C(=O)N(Cc2cccnc2)[C@@H](C(=O)NC2CCCC2)c2ccc3ncccc3c2)c1N. The summed E-state index contributed by atoms with van der Waals surface area (Å²) in [5, 5.41) is 3.99. The standard InChI is InChI=1S/C27H27N7O3S/c28-21-22(25(29)35)33-38-24(21)27(37)34(15-16-5-3-11-30-14-16)23(26(36)32-19-7-1-2-8-19)18-9-10-20-17(13-18)6-4-12-31-20/h3-6,9-14,19,23H,1-2,7-8,15,28H2,(H2,29,35)(H,32,36)/t23-/m1/s1. The number of carbonyl (C=O) groups is 3. The summed E-state index contributed by atoms with van der Waals surface area (Å²) in [5.41, 5.74) is 13.4. The first-order valence-electron chi connectivity index (χ1n) is 12.3. The molecule has 0 aliphatic heterocycles. The summed E-state index contributed by atoms with van der Waals surface area (Å²) in [6.07, 6.45) is 8.85. The van der Waals surface area contributed by atoms with Crippen LogP contribution in [0, 0.1) is 0 Å². The molecule has 4 aromatic rings. The van der Waals surface area contributed by atoms with Gasteiger partial charge < -0.3 is 21.7 Å². The Hall–Kier alpha value is -4.38. The molecule has 3 heterocycles. The molecule has 5 rings (SSSR count). The first-order chi connectivity index (χ1) is 18.4. The Labute approximate surface area is 223 Å². The van der Waals surface area contributed by atoms with Crippen molar-refractivity contribution in [2.45, 2.75) is 44.3 Å².